The molecule has 1 nitrogen and oxygen atoms in total. The molecule has 0 aliphatic heterocycles. The van der Waals surface area contributed by atoms with Crippen LogP contribution >= 0.6 is 0 Å². The van der Waals surface area contributed by atoms with Crippen LogP contribution in [-0.2, 0) is 4.79 Å². The Hall–Kier alpha value is -3.71. The Morgan fingerprint density at radius 2 is 0.733 bits per heavy atom. The second-order valence-corrected chi connectivity index (χ2v) is 8.01. The van der Waals surface area contributed by atoms with E-state index in [2.05, 4.69) is 72.8 Å². The highest BCUT2D eigenvalue weighted by Gasteiger charge is 2.43. The summed E-state index contributed by atoms with van der Waals surface area (Å²) in [6, 6.07) is 37.5. The normalized spacial score (nSPS) is 18.1. The van der Waals surface area contributed by atoms with E-state index in [1.54, 1.807) is 0 Å². The van der Waals surface area contributed by atoms with Crippen molar-refractivity contribution in [2.45, 2.75) is 11.8 Å². The van der Waals surface area contributed by atoms with Crippen molar-refractivity contribution in [3.63, 3.8) is 0 Å². The van der Waals surface area contributed by atoms with E-state index in [4.69, 9.17) is 0 Å². The van der Waals surface area contributed by atoms with Gasteiger partial charge in [0.15, 0.2) is 5.78 Å². The van der Waals surface area contributed by atoms with Crippen molar-refractivity contribution < 1.29 is 4.79 Å². The van der Waals surface area contributed by atoms with E-state index in [9.17, 15) is 4.79 Å². The fraction of sp³-hybridized carbons (Fsp3) is 0.0690. The van der Waals surface area contributed by atoms with E-state index in [1.807, 2.05) is 36.4 Å². The third kappa shape index (κ3) is 2.39. The average molecular weight is 384 g/mol. The number of hydrogen-bond acceptors (Lipinski definition) is 1. The molecule has 0 radical (unpaired) electrons. The molecule has 0 saturated heterocycles. The van der Waals surface area contributed by atoms with Crippen LogP contribution in [0.15, 0.2) is 109 Å². The van der Waals surface area contributed by atoms with Crippen molar-refractivity contribution in [1.82, 2.24) is 0 Å². The number of rotatable bonds is 2. The molecule has 0 amide bonds. The lowest BCUT2D eigenvalue weighted by atomic mass is 9.86. The summed E-state index contributed by atoms with van der Waals surface area (Å²) in [5.41, 5.74) is 4.49. The maximum Gasteiger partial charge on any atom is 0.156 e. The van der Waals surface area contributed by atoms with Crippen LogP contribution in [0.1, 0.15) is 34.1 Å². The molecule has 1 aliphatic carbocycles. The van der Waals surface area contributed by atoms with Crippen LogP contribution in [0.25, 0.3) is 21.5 Å². The quantitative estimate of drug-likeness (QED) is 0.305. The van der Waals surface area contributed by atoms with E-state index in [-0.39, 0.29) is 17.6 Å². The first-order valence-electron chi connectivity index (χ1n) is 10.4. The smallest absolute Gasteiger partial charge is 0.156 e. The lowest BCUT2D eigenvalue weighted by molar-refractivity contribution is -0.119. The molecule has 2 atom stereocenters. The maximum atomic E-state index is 14.1. The summed E-state index contributed by atoms with van der Waals surface area (Å²) >= 11 is 0. The first-order chi connectivity index (χ1) is 14.8. The maximum absolute atomic E-state index is 14.1. The number of carbonyl (C=O) groups is 1. The highest BCUT2D eigenvalue weighted by molar-refractivity contribution is 6.18. The van der Waals surface area contributed by atoms with Gasteiger partial charge in [-0.25, -0.2) is 0 Å². The van der Waals surface area contributed by atoms with Crippen LogP contribution in [0.5, 0.6) is 0 Å². The van der Waals surface area contributed by atoms with E-state index in [0.29, 0.717) is 0 Å². The van der Waals surface area contributed by atoms with Gasteiger partial charge in [0.2, 0.25) is 0 Å². The molecule has 0 heterocycles. The number of fused-ring (bicyclic) bond motifs is 6. The van der Waals surface area contributed by atoms with Crippen LogP contribution < -0.4 is 0 Å². The average Bonchev–Trinajstić information content (AvgIpc) is 3.13. The number of ketones is 1. The zero-order chi connectivity index (χ0) is 20.1. The minimum Gasteiger partial charge on any atom is -0.298 e. The Morgan fingerprint density at radius 1 is 0.400 bits per heavy atom. The molecule has 30 heavy (non-hydrogen) atoms. The van der Waals surface area contributed by atoms with Crippen molar-refractivity contribution in [3.8, 4) is 0 Å². The third-order valence-electron chi connectivity index (χ3n) is 6.43. The summed E-state index contributed by atoms with van der Waals surface area (Å²) in [7, 11) is 0. The predicted octanol–water partition coefficient (Wildman–Crippen LogP) is 6.84. The van der Waals surface area contributed by atoms with Crippen molar-refractivity contribution in [1.29, 1.82) is 0 Å². The fourth-order valence-corrected chi connectivity index (χ4v) is 5.22. The summed E-state index contributed by atoms with van der Waals surface area (Å²) < 4.78 is 0. The largest absolute Gasteiger partial charge is 0.298 e. The van der Waals surface area contributed by atoms with Crippen molar-refractivity contribution >= 4 is 27.3 Å². The van der Waals surface area contributed by atoms with E-state index in [1.165, 1.54) is 32.7 Å². The monoisotopic (exact) mass is 384 g/mol. The van der Waals surface area contributed by atoms with Crippen molar-refractivity contribution in [3.05, 3.63) is 131 Å². The Morgan fingerprint density at radius 3 is 1.13 bits per heavy atom. The van der Waals surface area contributed by atoms with Gasteiger partial charge in [0.25, 0.3) is 0 Å². The molecule has 0 fully saturated rings. The minimum absolute atomic E-state index is 0.249. The molecular formula is C29H20O. The van der Waals surface area contributed by atoms with E-state index < -0.39 is 0 Å². The first-order valence-corrected chi connectivity index (χ1v) is 10.4. The van der Waals surface area contributed by atoms with Gasteiger partial charge >= 0.3 is 0 Å². The predicted molar refractivity (Wildman–Crippen MR) is 123 cm³/mol. The van der Waals surface area contributed by atoms with Gasteiger partial charge in [-0.3, -0.25) is 4.79 Å². The Bertz CT molecular complexity index is 1290. The van der Waals surface area contributed by atoms with Crippen molar-refractivity contribution in [2.75, 3.05) is 0 Å². The lowest BCUT2D eigenvalue weighted by Gasteiger charge is -2.17. The number of hydrogen-bond donors (Lipinski definition) is 0. The highest BCUT2D eigenvalue weighted by Crippen LogP contribution is 2.51. The van der Waals surface area contributed by atoms with Gasteiger partial charge < -0.3 is 0 Å². The molecule has 0 N–H and O–H groups in total. The zero-order valence-electron chi connectivity index (χ0n) is 16.5. The minimum atomic E-state index is -0.249. The molecular weight excluding hydrogens is 364 g/mol. The molecule has 1 aliphatic rings. The molecule has 1 heteroatoms. The first kappa shape index (κ1) is 17.2. The summed E-state index contributed by atoms with van der Waals surface area (Å²) in [6.45, 7) is 0. The van der Waals surface area contributed by atoms with Gasteiger partial charge in [0, 0.05) is 0 Å². The molecule has 0 unspecified atom stereocenters. The van der Waals surface area contributed by atoms with E-state index in [0.717, 1.165) is 11.1 Å². The Kier molecular flexibility index (Phi) is 3.82. The number of benzene rings is 5. The topological polar surface area (TPSA) is 17.1 Å². The summed E-state index contributed by atoms with van der Waals surface area (Å²) in [4.78, 5) is 14.1. The van der Waals surface area contributed by atoms with Crippen LogP contribution in [0.4, 0.5) is 0 Å². The highest BCUT2D eigenvalue weighted by atomic mass is 16.1. The summed E-state index contributed by atoms with van der Waals surface area (Å²) in [6.07, 6.45) is 0. The Labute approximate surface area is 175 Å². The van der Waals surface area contributed by atoms with Gasteiger partial charge in [-0.2, -0.15) is 0 Å². The second kappa shape index (κ2) is 6.67. The van der Waals surface area contributed by atoms with Gasteiger partial charge in [0.1, 0.15) is 0 Å². The standard InChI is InChI=1S/C29H20O/c30-29-25(19-11-3-1-4-12-19)27-23-17-9-7-15-21(23)22-16-8-10-18-24(22)28(27)26(29)20-13-5-2-6-14-20/h1-18,25-26H/t25-,26-/m1/s1. The number of carbonyl (C=O) groups excluding carboxylic acids is 1. The summed E-state index contributed by atoms with van der Waals surface area (Å²) in [5.74, 6) is -0.231. The SMILES string of the molecule is O=C1[C@H](c2ccccc2)c2c(c3ccccc3c3ccccc23)[C@H]1c1ccccc1. The van der Waals surface area contributed by atoms with Gasteiger partial charge in [-0.1, -0.05) is 109 Å². The fourth-order valence-electron chi connectivity index (χ4n) is 5.22. The van der Waals surface area contributed by atoms with Gasteiger partial charge in [-0.05, 0) is 43.8 Å². The number of Topliss-reactive ketones (excluding diaryl/α,β-unsaturated/α-hetero) is 1. The molecule has 6 rings (SSSR count). The second-order valence-electron chi connectivity index (χ2n) is 8.01. The third-order valence-corrected chi connectivity index (χ3v) is 6.43. The van der Waals surface area contributed by atoms with E-state index >= 15 is 0 Å². The zero-order valence-corrected chi connectivity index (χ0v) is 16.5. The van der Waals surface area contributed by atoms with Gasteiger partial charge in [0.05, 0.1) is 11.8 Å². The molecule has 0 bridgehead atoms. The lowest BCUT2D eigenvalue weighted by Crippen LogP contribution is -2.13. The molecule has 5 aromatic carbocycles. The molecule has 5 aromatic rings. The van der Waals surface area contributed by atoms with Crippen molar-refractivity contribution in [2.24, 2.45) is 0 Å². The van der Waals surface area contributed by atoms with Crippen LogP contribution in [-0.4, -0.2) is 5.78 Å². The van der Waals surface area contributed by atoms with Gasteiger partial charge in [-0.15, -0.1) is 0 Å². The molecule has 0 saturated carbocycles. The molecule has 0 aromatic heterocycles. The Balaban J connectivity index is 1.79. The molecule has 0 spiro atoms. The summed E-state index contributed by atoms with van der Waals surface area (Å²) in [5, 5.41) is 4.81. The van der Waals surface area contributed by atoms with Crippen LogP contribution in [0.3, 0.4) is 0 Å². The van der Waals surface area contributed by atoms with Crippen LogP contribution in [0, 0.1) is 0 Å². The molecule has 142 valence electrons. The van der Waals surface area contributed by atoms with Crippen LogP contribution in [0.2, 0.25) is 0 Å².